The van der Waals surface area contributed by atoms with Gasteiger partial charge in [-0.25, -0.2) is 4.98 Å². The number of nitro groups is 1. The van der Waals surface area contributed by atoms with Crippen molar-refractivity contribution in [3.8, 4) is 0 Å². The molecule has 0 atom stereocenters. The van der Waals surface area contributed by atoms with Crippen LogP contribution in [0.3, 0.4) is 0 Å². The van der Waals surface area contributed by atoms with Gasteiger partial charge in [-0.1, -0.05) is 11.6 Å². The van der Waals surface area contributed by atoms with E-state index in [-0.39, 0.29) is 29.5 Å². The van der Waals surface area contributed by atoms with Crippen molar-refractivity contribution in [2.75, 3.05) is 13.1 Å². The van der Waals surface area contributed by atoms with E-state index in [4.69, 9.17) is 16.7 Å². The zero-order chi connectivity index (χ0) is 15.6. The average Bonchev–Trinajstić information content (AvgIpc) is 2.47. The zero-order valence-corrected chi connectivity index (χ0v) is 11.6. The summed E-state index contributed by atoms with van der Waals surface area (Å²) in [6, 6.07) is 1.08. The van der Waals surface area contributed by atoms with Crippen molar-refractivity contribution in [2.45, 2.75) is 12.8 Å². The van der Waals surface area contributed by atoms with Gasteiger partial charge in [0, 0.05) is 19.2 Å². The van der Waals surface area contributed by atoms with Gasteiger partial charge in [-0.15, -0.1) is 0 Å². The minimum Gasteiger partial charge on any atom is -0.481 e. The molecule has 0 aliphatic carbocycles. The van der Waals surface area contributed by atoms with Crippen LogP contribution in [0.1, 0.15) is 23.2 Å². The molecule has 112 valence electrons. The third kappa shape index (κ3) is 3.27. The number of carboxylic acid groups (broad SMARTS) is 1. The van der Waals surface area contributed by atoms with Crippen molar-refractivity contribution in [2.24, 2.45) is 5.92 Å². The van der Waals surface area contributed by atoms with Crippen LogP contribution < -0.4 is 0 Å². The first-order chi connectivity index (χ1) is 9.90. The molecule has 0 bridgehead atoms. The summed E-state index contributed by atoms with van der Waals surface area (Å²) in [6.45, 7) is 0.545. The van der Waals surface area contributed by atoms with Crippen LogP contribution >= 0.6 is 11.6 Å². The van der Waals surface area contributed by atoms with Gasteiger partial charge in [0.25, 0.3) is 11.6 Å². The molecule has 9 heteroatoms. The standard InChI is InChI=1S/C12H12ClN3O5/c13-10-9(5-8(6-14-10)16(20)21)11(17)15-3-1-7(2-4-15)12(18)19/h5-7H,1-4H2,(H,18,19). The summed E-state index contributed by atoms with van der Waals surface area (Å²) in [5, 5.41) is 19.5. The minimum atomic E-state index is -0.878. The minimum absolute atomic E-state index is 0.0420. The van der Waals surface area contributed by atoms with E-state index in [9.17, 15) is 19.7 Å². The number of amides is 1. The Kier molecular flexibility index (Phi) is 4.37. The molecule has 1 aromatic rings. The molecule has 1 amide bonds. The number of halogens is 1. The highest BCUT2D eigenvalue weighted by Gasteiger charge is 2.29. The van der Waals surface area contributed by atoms with Crippen LogP contribution in [-0.4, -0.2) is 44.9 Å². The Morgan fingerprint density at radius 2 is 2.05 bits per heavy atom. The molecule has 1 aromatic heterocycles. The number of carbonyl (C=O) groups is 2. The molecular weight excluding hydrogens is 302 g/mol. The molecule has 2 rings (SSSR count). The molecule has 0 unspecified atom stereocenters. The zero-order valence-electron chi connectivity index (χ0n) is 10.9. The van der Waals surface area contributed by atoms with Crippen molar-refractivity contribution in [1.82, 2.24) is 9.88 Å². The van der Waals surface area contributed by atoms with Crippen LogP contribution in [0.15, 0.2) is 12.3 Å². The monoisotopic (exact) mass is 313 g/mol. The van der Waals surface area contributed by atoms with Crippen molar-refractivity contribution in [3.05, 3.63) is 33.1 Å². The van der Waals surface area contributed by atoms with Crippen molar-refractivity contribution in [3.63, 3.8) is 0 Å². The van der Waals surface area contributed by atoms with Crippen molar-refractivity contribution < 1.29 is 19.6 Å². The predicted octanol–water partition coefficient (Wildman–Crippen LogP) is 1.58. The van der Waals surface area contributed by atoms with Gasteiger partial charge in [0.1, 0.15) is 11.3 Å². The van der Waals surface area contributed by atoms with Crippen LogP contribution in [-0.2, 0) is 4.79 Å². The lowest BCUT2D eigenvalue weighted by Crippen LogP contribution is -2.40. The Bertz CT molecular complexity index is 599. The molecule has 1 N–H and O–H groups in total. The predicted molar refractivity (Wildman–Crippen MR) is 72.2 cm³/mol. The molecule has 2 heterocycles. The van der Waals surface area contributed by atoms with Crippen LogP contribution in [0, 0.1) is 16.0 Å². The average molecular weight is 314 g/mol. The number of carbonyl (C=O) groups excluding carboxylic acids is 1. The lowest BCUT2D eigenvalue weighted by atomic mass is 9.97. The summed E-state index contributed by atoms with van der Waals surface area (Å²) in [4.78, 5) is 38.3. The Morgan fingerprint density at radius 1 is 1.43 bits per heavy atom. The fraction of sp³-hybridized carbons (Fsp3) is 0.417. The van der Waals surface area contributed by atoms with Gasteiger partial charge in [0.2, 0.25) is 0 Å². The molecule has 0 saturated carbocycles. The van der Waals surface area contributed by atoms with Gasteiger partial charge in [-0.2, -0.15) is 0 Å². The molecule has 1 aliphatic heterocycles. The molecule has 21 heavy (non-hydrogen) atoms. The first-order valence-electron chi connectivity index (χ1n) is 6.22. The lowest BCUT2D eigenvalue weighted by Gasteiger charge is -2.30. The second kappa shape index (κ2) is 6.04. The Morgan fingerprint density at radius 3 is 2.57 bits per heavy atom. The number of aromatic nitrogens is 1. The van der Waals surface area contributed by atoms with E-state index in [1.807, 2.05) is 0 Å². The van der Waals surface area contributed by atoms with Gasteiger partial charge < -0.3 is 10.0 Å². The van der Waals surface area contributed by atoms with Gasteiger partial charge in [-0.3, -0.25) is 19.7 Å². The lowest BCUT2D eigenvalue weighted by molar-refractivity contribution is -0.385. The first kappa shape index (κ1) is 15.2. The highest BCUT2D eigenvalue weighted by molar-refractivity contribution is 6.32. The van der Waals surface area contributed by atoms with E-state index in [1.165, 1.54) is 4.90 Å². The maximum Gasteiger partial charge on any atom is 0.306 e. The fourth-order valence-electron chi connectivity index (χ4n) is 2.19. The van der Waals surface area contributed by atoms with Crippen molar-refractivity contribution in [1.29, 1.82) is 0 Å². The highest BCUT2D eigenvalue weighted by atomic mass is 35.5. The number of aliphatic carboxylic acids is 1. The number of hydrogen-bond donors (Lipinski definition) is 1. The molecule has 0 aromatic carbocycles. The first-order valence-corrected chi connectivity index (χ1v) is 6.60. The van der Waals surface area contributed by atoms with Crippen LogP contribution in [0.2, 0.25) is 5.15 Å². The number of piperidine rings is 1. The van der Waals surface area contributed by atoms with Crippen LogP contribution in [0.25, 0.3) is 0 Å². The number of nitrogens with zero attached hydrogens (tertiary/aromatic N) is 3. The second-order valence-electron chi connectivity index (χ2n) is 4.69. The fourth-order valence-corrected chi connectivity index (χ4v) is 2.37. The molecule has 1 saturated heterocycles. The number of hydrogen-bond acceptors (Lipinski definition) is 5. The number of carboxylic acids is 1. The molecule has 1 fully saturated rings. The van der Waals surface area contributed by atoms with E-state index in [0.717, 1.165) is 12.3 Å². The number of likely N-dealkylation sites (tertiary alicyclic amines) is 1. The van der Waals surface area contributed by atoms with Gasteiger partial charge in [0.05, 0.1) is 16.4 Å². The van der Waals surface area contributed by atoms with E-state index in [2.05, 4.69) is 4.98 Å². The topological polar surface area (TPSA) is 114 Å². The summed E-state index contributed by atoms with van der Waals surface area (Å²) in [5.41, 5.74) is -0.359. The Hall–Kier alpha value is -2.22. The quantitative estimate of drug-likeness (QED) is 0.515. The summed E-state index contributed by atoms with van der Waals surface area (Å²) >= 11 is 5.82. The van der Waals surface area contributed by atoms with Crippen LogP contribution in [0.4, 0.5) is 5.69 Å². The van der Waals surface area contributed by atoms with E-state index < -0.39 is 22.7 Å². The van der Waals surface area contributed by atoms with E-state index in [0.29, 0.717) is 12.8 Å². The van der Waals surface area contributed by atoms with Gasteiger partial charge in [0.15, 0.2) is 0 Å². The van der Waals surface area contributed by atoms with Crippen LogP contribution in [0.5, 0.6) is 0 Å². The third-order valence-corrected chi connectivity index (χ3v) is 3.70. The SMILES string of the molecule is O=C(O)C1CCN(C(=O)c2cc([N+](=O)[O-])cnc2Cl)CC1. The summed E-state index contributed by atoms with van der Waals surface area (Å²) < 4.78 is 0. The molecule has 1 aliphatic rings. The van der Waals surface area contributed by atoms with E-state index >= 15 is 0 Å². The molecule has 0 spiro atoms. The summed E-state index contributed by atoms with van der Waals surface area (Å²) in [6.07, 6.45) is 1.68. The largest absolute Gasteiger partial charge is 0.481 e. The maximum atomic E-state index is 12.3. The maximum absolute atomic E-state index is 12.3. The second-order valence-corrected chi connectivity index (χ2v) is 5.05. The van der Waals surface area contributed by atoms with Gasteiger partial charge >= 0.3 is 5.97 Å². The molecule has 0 radical (unpaired) electrons. The highest BCUT2D eigenvalue weighted by Crippen LogP contribution is 2.24. The summed E-state index contributed by atoms with van der Waals surface area (Å²) in [5.74, 6) is -1.81. The normalized spacial score (nSPS) is 15.8. The Balaban J connectivity index is 2.16. The number of rotatable bonds is 3. The molecular formula is C12H12ClN3O5. The smallest absolute Gasteiger partial charge is 0.306 e. The van der Waals surface area contributed by atoms with Gasteiger partial charge in [-0.05, 0) is 12.8 Å². The summed E-state index contributed by atoms with van der Waals surface area (Å²) in [7, 11) is 0. The van der Waals surface area contributed by atoms with E-state index in [1.54, 1.807) is 0 Å². The Labute approximate surface area is 124 Å². The van der Waals surface area contributed by atoms with Crippen molar-refractivity contribution >= 4 is 29.2 Å². The number of pyridine rings is 1. The third-order valence-electron chi connectivity index (χ3n) is 3.40. The molecule has 8 nitrogen and oxygen atoms in total.